The second-order valence-corrected chi connectivity index (χ2v) is 9.84. The zero-order valence-electron chi connectivity index (χ0n) is 22.5. The Bertz CT molecular complexity index is 1350. The number of aliphatic hydroxyl groups is 1. The van der Waals surface area contributed by atoms with Gasteiger partial charge in [0.2, 0.25) is 0 Å². The van der Waals surface area contributed by atoms with E-state index in [1.165, 1.54) is 41.6 Å². The maximum atomic E-state index is 13.6. The summed E-state index contributed by atoms with van der Waals surface area (Å²) in [5, 5.41) is 15.4. The average Bonchev–Trinajstić information content (AvgIpc) is 2.96. The molecule has 1 aliphatic rings. The highest BCUT2D eigenvalue weighted by molar-refractivity contribution is 6.05. The van der Waals surface area contributed by atoms with E-state index < -0.39 is 24.0 Å². The molecule has 1 aromatic heterocycles. The molecule has 0 aliphatic carbocycles. The number of carbonyl (C=O) groups is 3. The van der Waals surface area contributed by atoms with Crippen LogP contribution in [0.15, 0.2) is 67.0 Å². The van der Waals surface area contributed by atoms with Crippen LogP contribution in [-0.2, 0) is 0 Å². The molecule has 1 aliphatic heterocycles. The first-order valence-electron chi connectivity index (χ1n) is 12.9. The SMILES string of the molecule is C[C@H]1CN([C@@H](C)CO)C(=O)c2cc(NC(=O)c3ccncc3)ccc2O[C@H]1CN(C)C(=O)Nc1ccc(F)cc1. The minimum absolute atomic E-state index is 0.184. The van der Waals surface area contributed by atoms with E-state index in [0.29, 0.717) is 22.7 Å². The van der Waals surface area contributed by atoms with Crippen molar-refractivity contribution < 1.29 is 28.6 Å². The molecule has 10 nitrogen and oxygen atoms in total. The molecular weight excluding hydrogens is 517 g/mol. The highest BCUT2D eigenvalue weighted by Crippen LogP contribution is 2.31. The summed E-state index contributed by atoms with van der Waals surface area (Å²) in [6, 6.07) is 12.5. The van der Waals surface area contributed by atoms with Gasteiger partial charge in [0, 0.05) is 48.8 Å². The van der Waals surface area contributed by atoms with E-state index in [2.05, 4.69) is 15.6 Å². The number of nitrogens with one attached hydrogen (secondary N) is 2. The van der Waals surface area contributed by atoms with E-state index >= 15 is 0 Å². The number of halogens is 1. The van der Waals surface area contributed by atoms with Crippen LogP contribution in [0.4, 0.5) is 20.6 Å². The summed E-state index contributed by atoms with van der Waals surface area (Å²) >= 11 is 0. The summed E-state index contributed by atoms with van der Waals surface area (Å²) < 4.78 is 19.5. The Morgan fingerprint density at radius 1 is 1.12 bits per heavy atom. The number of amides is 4. The second-order valence-electron chi connectivity index (χ2n) is 9.84. The molecule has 210 valence electrons. The predicted molar refractivity (Wildman–Crippen MR) is 148 cm³/mol. The van der Waals surface area contributed by atoms with Gasteiger partial charge in [0.05, 0.1) is 24.8 Å². The third-order valence-corrected chi connectivity index (χ3v) is 6.76. The van der Waals surface area contributed by atoms with Gasteiger partial charge in [-0.05, 0) is 61.5 Å². The molecule has 3 N–H and O–H groups in total. The minimum Gasteiger partial charge on any atom is -0.487 e. The number of rotatable bonds is 7. The third kappa shape index (κ3) is 6.73. The Balaban J connectivity index is 1.58. The molecule has 0 unspecified atom stereocenters. The van der Waals surface area contributed by atoms with Crippen LogP contribution in [0.3, 0.4) is 0 Å². The Hall–Kier alpha value is -4.51. The lowest BCUT2D eigenvalue weighted by Gasteiger charge is -2.38. The van der Waals surface area contributed by atoms with Gasteiger partial charge in [-0.1, -0.05) is 6.92 Å². The number of likely N-dealkylation sites (N-methyl/N-ethyl adjacent to an activating group) is 1. The van der Waals surface area contributed by atoms with Crippen LogP contribution in [-0.4, -0.2) is 76.6 Å². The Kier molecular flexibility index (Phi) is 8.95. The molecule has 0 bridgehead atoms. The number of ether oxygens (including phenoxy) is 1. The molecule has 2 aromatic carbocycles. The van der Waals surface area contributed by atoms with Crippen molar-refractivity contribution in [3.05, 3.63) is 83.9 Å². The molecule has 0 fully saturated rings. The van der Waals surface area contributed by atoms with Gasteiger partial charge in [0.15, 0.2) is 0 Å². The summed E-state index contributed by atoms with van der Waals surface area (Å²) in [5.74, 6) is -1.02. The van der Waals surface area contributed by atoms with Crippen molar-refractivity contribution in [1.82, 2.24) is 14.8 Å². The number of nitrogens with zero attached hydrogens (tertiary/aromatic N) is 3. The average molecular weight is 550 g/mol. The van der Waals surface area contributed by atoms with Gasteiger partial charge in [0.1, 0.15) is 17.7 Å². The van der Waals surface area contributed by atoms with Crippen molar-refractivity contribution in [1.29, 1.82) is 0 Å². The van der Waals surface area contributed by atoms with E-state index in [1.54, 1.807) is 49.2 Å². The second kappa shape index (κ2) is 12.6. The van der Waals surface area contributed by atoms with Crippen molar-refractivity contribution >= 4 is 29.2 Å². The molecule has 4 amide bonds. The fourth-order valence-electron chi connectivity index (χ4n) is 4.33. The highest BCUT2D eigenvalue weighted by atomic mass is 19.1. The van der Waals surface area contributed by atoms with Crippen molar-refractivity contribution in [2.45, 2.75) is 26.0 Å². The number of fused-ring (bicyclic) bond motifs is 1. The number of anilines is 2. The molecule has 0 radical (unpaired) electrons. The fourth-order valence-corrected chi connectivity index (χ4v) is 4.33. The molecule has 0 spiro atoms. The molecule has 0 saturated carbocycles. The largest absolute Gasteiger partial charge is 0.487 e. The van der Waals surface area contributed by atoms with E-state index in [0.717, 1.165) is 0 Å². The molecule has 3 aromatic rings. The monoisotopic (exact) mass is 549 g/mol. The number of benzene rings is 2. The molecule has 11 heteroatoms. The van der Waals surface area contributed by atoms with Crippen LogP contribution in [0, 0.1) is 11.7 Å². The van der Waals surface area contributed by atoms with Gasteiger partial charge in [-0.2, -0.15) is 0 Å². The predicted octanol–water partition coefficient (Wildman–Crippen LogP) is 3.86. The van der Waals surface area contributed by atoms with E-state index in [9.17, 15) is 23.9 Å². The number of aromatic nitrogens is 1. The van der Waals surface area contributed by atoms with Gasteiger partial charge >= 0.3 is 6.03 Å². The number of hydrogen-bond acceptors (Lipinski definition) is 6. The lowest BCUT2D eigenvalue weighted by atomic mass is 9.99. The maximum Gasteiger partial charge on any atom is 0.321 e. The van der Waals surface area contributed by atoms with Crippen LogP contribution in [0.2, 0.25) is 0 Å². The molecule has 0 saturated heterocycles. The van der Waals surface area contributed by atoms with Crippen LogP contribution in [0.1, 0.15) is 34.6 Å². The molecule has 2 heterocycles. The lowest BCUT2D eigenvalue weighted by molar-refractivity contribution is 0.0371. The number of pyridine rings is 1. The topological polar surface area (TPSA) is 124 Å². The number of carbonyl (C=O) groups excluding carboxylic acids is 3. The standard InChI is InChI=1S/C29H32FN5O5/c1-18-15-35(19(2)17-36)28(38)24-14-23(32-27(37)20-10-12-31-13-11-20)8-9-25(24)40-26(18)16-34(3)29(39)33-22-6-4-21(30)5-7-22/h4-14,18-19,26,36H,15-17H2,1-3H3,(H,32,37)(H,33,39)/t18-,19-,26-/m0/s1. The van der Waals surface area contributed by atoms with Crippen molar-refractivity contribution in [2.75, 3.05) is 37.4 Å². The normalized spacial score (nSPS) is 17.5. The molecule has 3 atom stereocenters. The van der Waals surface area contributed by atoms with E-state index in [1.807, 2.05) is 6.92 Å². The highest BCUT2D eigenvalue weighted by Gasteiger charge is 2.34. The van der Waals surface area contributed by atoms with Gasteiger partial charge in [-0.25, -0.2) is 9.18 Å². The van der Waals surface area contributed by atoms with Crippen LogP contribution < -0.4 is 15.4 Å². The van der Waals surface area contributed by atoms with Crippen molar-refractivity contribution in [2.24, 2.45) is 5.92 Å². The zero-order valence-corrected chi connectivity index (χ0v) is 22.5. The smallest absolute Gasteiger partial charge is 0.321 e. The summed E-state index contributed by atoms with van der Waals surface area (Å²) in [6.07, 6.45) is 2.51. The van der Waals surface area contributed by atoms with E-state index in [4.69, 9.17) is 4.74 Å². The van der Waals surface area contributed by atoms with Crippen LogP contribution in [0.5, 0.6) is 5.75 Å². The molecular formula is C29H32FN5O5. The summed E-state index contributed by atoms with van der Waals surface area (Å²) in [4.78, 5) is 46.1. The summed E-state index contributed by atoms with van der Waals surface area (Å²) in [5.41, 5.74) is 1.49. The van der Waals surface area contributed by atoms with E-state index in [-0.39, 0.29) is 43.0 Å². The Labute approximate surface area is 231 Å². The first-order chi connectivity index (χ1) is 19.2. The van der Waals surface area contributed by atoms with Crippen LogP contribution >= 0.6 is 0 Å². The molecule has 4 rings (SSSR count). The van der Waals surface area contributed by atoms with Crippen molar-refractivity contribution in [3.63, 3.8) is 0 Å². The van der Waals surface area contributed by atoms with Gasteiger partial charge in [0.25, 0.3) is 11.8 Å². The minimum atomic E-state index is -0.513. The zero-order chi connectivity index (χ0) is 28.8. The van der Waals surface area contributed by atoms with Gasteiger partial charge < -0.3 is 30.3 Å². The third-order valence-electron chi connectivity index (χ3n) is 6.76. The van der Waals surface area contributed by atoms with Crippen molar-refractivity contribution in [3.8, 4) is 5.75 Å². The summed E-state index contributed by atoms with van der Waals surface area (Å²) in [6.45, 7) is 3.88. The Morgan fingerprint density at radius 2 is 1.80 bits per heavy atom. The first-order valence-corrected chi connectivity index (χ1v) is 12.9. The quantitative estimate of drug-likeness (QED) is 0.411. The number of urea groups is 1. The lowest BCUT2D eigenvalue weighted by Crippen LogP contribution is -2.50. The van der Waals surface area contributed by atoms with Crippen LogP contribution in [0.25, 0.3) is 0 Å². The fraction of sp³-hybridized carbons (Fsp3) is 0.310. The first kappa shape index (κ1) is 28.5. The van der Waals surface area contributed by atoms with Gasteiger partial charge in [-0.15, -0.1) is 0 Å². The maximum absolute atomic E-state index is 13.6. The molecule has 40 heavy (non-hydrogen) atoms. The van der Waals surface area contributed by atoms with Gasteiger partial charge in [-0.3, -0.25) is 14.6 Å². The number of hydrogen-bond donors (Lipinski definition) is 3. The summed E-state index contributed by atoms with van der Waals surface area (Å²) in [7, 11) is 1.62. The Morgan fingerprint density at radius 3 is 2.48 bits per heavy atom. The number of aliphatic hydroxyl groups excluding tert-OH is 1.